The van der Waals surface area contributed by atoms with E-state index < -0.39 is 9.84 Å². The van der Waals surface area contributed by atoms with Crippen LogP contribution >= 0.6 is 0 Å². The second kappa shape index (κ2) is 5.06. The van der Waals surface area contributed by atoms with Crippen LogP contribution in [-0.4, -0.2) is 57.0 Å². The maximum Gasteiger partial charge on any atom is 0.231 e. The molecule has 0 bridgehead atoms. The summed E-state index contributed by atoms with van der Waals surface area (Å²) in [6.45, 7) is 1.24. The third-order valence-electron chi connectivity index (χ3n) is 3.50. The molecule has 0 aliphatic carbocycles. The molecule has 3 rings (SSSR count). The summed E-state index contributed by atoms with van der Waals surface area (Å²) in [5.41, 5.74) is 0.558. The van der Waals surface area contributed by atoms with E-state index in [0.29, 0.717) is 30.2 Å². The SMILES string of the molecule is O=C(CN1CCS(=O)(=O)CC1)c1ccc2c(c1)OCO2. The van der Waals surface area contributed by atoms with Crippen molar-refractivity contribution in [3.8, 4) is 11.5 Å². The fraction of sp³-hybridized carbons (Fsp3) is 0.462. The highest BCUT2D eigenvalue weighted by molar-refractivity contribution is 7.91. The molecule has 20 heavy (non-hydrogen) atoms. The van der Waals surface area contributed by atoms with Crippen molar-refractivity contribution in [2.75, 3.05) is 37.9 Å². The second-order valence-corrected chi connectivity index (χ2v) is 7.22. The van der Waals surface area contributed by atoms with Gasteiger partial charge in [-0.2, -0.15) is 0 Å². The van der Waals surface area contributed by atoms with Gasteiger partial charge in [-0.25, -0.2) is 8.42 Å². The Morgan fingerprint density at radius 2 is 1.85 bits per heavy atom. The smallest absolute Gasteiger partial charge is 0.231 e. The standard InChI is InChI=1S/C13H15NO5S/c15-11(8-14-3-5-20(16,17)6-4-14)10-1-2-12-13(7-10)19-9-18-12/h1-2,7H,3-6,8-9H2. The third-order valence-corrected chi connectivity index (χ3v) is 5.11. The highest BCUT2D eigenvalue weighted by Gasteiger charge is 2.24. The van der Waals surface area contributed by atoms with Gasteiger partial charge >= 0.3 is 0 Å². The number of hydrogen-bond donors (Lipinski definition) is 0. The van der Waals surface area contributed by atoms with Crippen LogP contribution < -0.4 is 9.47 Å². The quantitative estimate of drug-likeness (QED) is 0.749. The molecular formula is C13H15NO5S. The molecule has 2 aliphatic rings. The molecule has 2 aliphatic heterocycles. The zero-order valence-electron chi connectivity index (χ0n) is 10.9. The summed E-state index contributed by atoms with van der Waals surface area (Å²) < 4.78 is 33.1. The molecule has 0 radical (unpaired) electrons. The van der Waals surface area contributed by atoms with Crippen LogP contribution in [0.25, 0.3) is 0 Å². The second-order valence-electron chi connectivity index (χ2n) is 4.92. The summed E-state index contributed by atoms with van der Waals surface area (Å²) in [5, 5.41) is 0. The Morgan fingerprint density at radius 3 is 2.60 bits per heavy atom. The van der Waals surface area contributed by atoms with Gasteiger partial charge < -0.3 is 9.47 Å². The van der Waals surface area contributed by atoms with Gasteiger partial charge in [0.1, 0.15) is 0 Å². The van der Waals surface area contributed by atoms with E-state index in [-0.39, 0.29) is 30.6 Å². The van der Waals surface area contributed by atoms with Crippen molar-refractivity contribution in [3.63, 3.8) is 0 Å². The molecule has 0 unspecified atom stereocenters. The van der Waals surface area contributed by atoms with Gasteiger partial charge in [0.05, 0.1) is 18.1 Å². The Hall–Kier alpha value is -1.60. The van der Waals surface area contributed by atoms with Crippen LogP contribution in [0.1, 0.15) is 10.4 Å². The molecule has 0 saturated carbocycles. The van der Waals surface area contributed by atoms with Gasteiger partial charge in [0.15, 0.2) is 27.1 Å². The number of carbonyl (C=O) groups is 1. The molecule has 0 N–H and O–H groups in total. The summed E-state index contributed by atoms with van der Waals surface area (Å²) in [6.07, 6.45) is 0. The molecule has 1 saturated heterocycles. The minimum Gasteiger partial charge on any atom is -0.454 e. The predicted molar refractivity (Wildman–Crippen MR) is 72.0 cm³/mol. The summed E-state index contributed by atoms with van der Waals surface area (Å²) in [6, 6.07) is 5.10. The molecule has 0 spiro atoms. The lowest BCUT2D eigenvalue weighted by Crippen LogP contribution is -2.42. The van der Waals surface area contributed by atoms with E-state index in [9.17, 15) is 13.2 Å². The number of ether oxygens (including phenoxy) is 2. The normalized spacial score (nSPS) is 20.8. The van der Waals surface area contributed by atoms with Crippen LogP contribution in [0, 0.1) is 0 Å². The van der Waals surface area contributed by atoms with Crippen LogP contribution in [0.15, 0.2) is 18.2 Å². The fourth-order valence-electron chi connectivity index (χ4n) is 2.27. The number of ketones is 1. The van der Waals surface area contributed by atoms with Crippen LogP contribution in [0.2, 0.25) is 0 Å². The Morgan fingerprint density at radius 1 is 1.15 bits per heavy atom. The summed E-state index contributed by atoms with van der Waals surface area (Å²) in [5.74, 6) is 1.44. The predicted octanol–water partition coefficient (Wildman–Crippen LogP) is 0.328. The molecule has 0 aromatic heterocycles. The number of Topliss-reactive ketones (excluding diaryl/α,β-unsaturated/α-hetero) is 1. The van der Waals surface area contributed by atoms with Gasteiger partial charge in [-0.1, -0.05) is 0 Å². The first-order valence-corrected chi connectivity index (χ1v) is 8.21. The molecule has 0 amide bonds. The number of rotatable bonds is 3. The van der Waals surface area contributed by atoms with Gasteiger partial charge in [-0.3, -0.25) is 9.69 Å². The van der Waals surface area contributed by atoms with Crippen LogP contribution in [0.3, 0.4) is 0 Å². The maximum absolute atomic E-state index is 12.2. The minimum atomic E-state index is -2.91. The number of nitrogens with zero attached hydrogens (tertiary/aromatic N) is 1. The molecule has 1 aromatic carbocycles. The molecule has 7 heteroatoms. The van der Waals surface area contributed by atoms with Gasteiger partial charge in [-0.15, -0.1) is 0 Å². The van der Waals surface area contributed by atoms with Gasteiger partial charge in [0, 0.05) is 18.7 Å². The van der Waals surface area contributed by atoms with Crippen LogP contribution in [0.4, 0.5) is 0 Å². The molecule has 1 aromatic rings. The van der Waals surface area contributed by atoms with E-state index in [0.717, 1.165) is 0 Å². The first-order valence-electron chi connectivity index (χ1n) is 6.39. The number of fused-ring (bicyclic) bond motifs is 1. The van der Waals surface area contributed by atoms with E-state index in [4.69, 9.17) is 9.47 Å². The molecule has 6 nitrogen and oxygen atoms in total. The average Bonchev–Trinajstić information content (AvgIpc) is 2.88. The number of hydrogen-bond acceptors (Lipinski definition) is 6. The van der Waals surface area contributed by atoms with Crippen molar-refractivity contribution >= 4 is 15.6 Å². The lowest BCUT2D eigenvalue weighted by molar-refractivity contribution is 0.0935. The molecule has 108 valence electrons. The van der Waals surface area contributed by atoms with Crippen molar-refractivity contribution in [2.45, 2.75) is 0 Å². The third kappa shape index (κ3) is 2.78. The molecular weight excluding hydrogens is 282 g/mol. The average molecular weight is 297 g/mol. The topological polar surface area (TPSA) is 72.9 Å². The van der Waals surface area contributed by atoms with E-state index in [1.165, 1.54) is 0 Å². The van der Waals surface area contributed by atoms with E-state index in [1.807, 2.05) is 4.90 Å². The highest BCUT2D eigenvalue weighted by atomic mass is 32.2. The van der Waals surface area contributed by atoms with Crippen LogP contribution in [0.5, 0.6) is 11.5 Å². The minimum absolute atomic E-state index is 0.0393. The van der Waals surface area contributed by atoms with Crippen molar-refractivity contribution in [3.05, 3.63) is 23.8 Å². The Bertz CT molecular complexity index is 626. The maximum atomic E-state index is 12.2. The number of carbonyl (C=O) groups excluding carboxylic acids is 1. The highest BCUT2D eigenvalue weighted by Crippen LogP contribution is 2.32. The Balaban J connectivity index is 1.65. The fourth-order valence-corrected chi connectivity index (χ4v) is 3.55. The Labute approximate surface area is 117 Å². The summed E-state index contributed by atoms with van der Waals surface area (Å²) >= 11 is 0. The van der Waals surface area contributed by atoms with E-state index >= 15 is 0 Å². The monoisotopic (exact) mass is 297 g/mol. The summed E-state index contributed by atoms with van der Waals surface area (Å²) in [4.78, 5) is 14.1. The first kappa shape index (κ1) is 13.4. The first-order chi connectivity index (χ1) is 9.53. The van der Waals surface area contributed by atoms with E-state index in [1.54, 1.807) is 18.2 Å². The molecule has 0 atom stereocenters. The number of sulfone groups is 1. The van der Waals surface area contributed by atoms with Crippen molar-refractivity contribution < 1.29 is 22.7 Å². The molecule has 2 heterocycles. The van der Waals surface area contributed by atoms with E-state index in [2.05, 4.69) is 0 Å². The van der Waals surface area contributed by atoms with Gasteiger partial charge in [0.2, 0.25) is 6.79 Å². The van der Waals surface area contributed by atoms with Crippen molar-refractivity contribution in [2.24, 2.45) is 0 Å². The zero-order chi connectivity index (χ0) is 14.2. The lowest BCUT2D eigenvalue weighted by atomic mass is 10.1. The largest absolute Gasteiger partial charge is 0.454 e. The molecule has 1 fully saturated rings. The van der Waals surface area contributed by atoms with Crippen molar-refractivity contribution in [1.82, 2.24) is 4.90 Å². The van der Waals surface area contributed by atoms with Crippen molar-refractivity contribution in [1.29, 1.82) is 0 Å². The zero-order valence-corrected chi connectivity index (χ0v) is 11.7. The summed E-state index contributed by atoms with van der Waals surface area (Å²) in [7, 11) is -2.91. The Kier molecular flexibility index (Phi) is 3.39. The number of benzene rings is 1. The lowest BCUT2D eigenvalue weighted by Gasteiger charge is -2.25. The van der Waals surface area contributed by atoms with Gasteiger partial charge in [-0.05, 0) is 18.2 Å². The van der Waals surface area contributed by atoms with Crippen LogP contribution in [-0.2, 0) is 9.84 Å². The van der Waals surface area contributed by atoms with Gasteiger partial charge in [0.25, 0.3) is 0 Å².